The standard InChI is InChI=1S/C24H26O3/c1-26-18-8-4-16(5-9-18)20-14-23(20)12-3-13-24(22(23)25)15-21(24)17-6-10-19(27-2)11-7-17/h4-11,20-21H,3,12-15H2,1-2H3/t20-,21+,23+,24-. The normalized spacial score (nSPS) is 33.9. The Kier molecular flexibility index (Phi) is 3.65. The third-order valence-corrected chi connectivity index (χ3v) is 7.34. The van der Waals surface area contributed by atoms with Gasteiger partial charge in [0, 0.05) is 10.8 Å². The molecule has 0 amide bonds. The van der Waals surface area contributed by atoms with Gasteiger partial charge in [0.15, 0.2) is 0 Å². The summed E-state index contributed by atoms with van der Waals surface area (Å²) in [6, 6.07) is 16.6. The van der Waals surface area contributed by atoms with Crippen LogP contribution in [0.3, 0.4) is 0 Å². The van der Waals surface area contributed by atoms with Crippen LogP contribution in [0.1, 0.15) is 55.1 Å². The second-order valence-corrected chi connectivity index (χ2v) is 8.55. The molecular formula is C24H26O3. The summed E-state index contributed by atoms with van der Waals surface area (Å²) in [5.41, 5.74) is 2.38. The van der Waals surface area contributed by atoms with E-state index in [1.165, 1.54) is 17.5 Å². The van der Waals surface area contributed by atoms with Crippen LogP contribution < -0.4 is 9.47 Å². The fourth-order valence-electron chi connectivity index (χ4n) is 5.65. The highest BCUT2D eigenvalue weighted by Gasteiger charge is 2.72. The summed E-state index contributed by atoms with van der Waals surface area (Å²) in [4.78, 5) is 13.7. The van der Waals surface area contributed by atoms with Gasteiger partial charge in [-0.2, -0.15) is 0 Å². The molecule has 3 aliphatic carbocycles. The van der Waals surface area contributed by atoms with Gasteiger partial charge in [-0.25, -0.2) is 0 Å². The molecule has 2 aromatic rings. The highest BCUT2D eigenvalue weighted by Crippen LogP contribution is 2.75. The van der Waals surface area contributed by atoms with E-state index in [0.29, 0.717) is 17.6 Å². The van der Waals surface area contributed by atoms with Crippen molar-refractivity contribution in [2.24, 2.45) is 10.8 Å². The number of carbonyl (C=O) groups is 1. The molecule has 2 aromatic carbocycles. The summed E-state index contributed by atoms with van der Waals surface area (Å²) in [6.45, 7) is 0. The Morgan fingerprint density at radius 1 is 0.741 bits per heavy atom. The molecule has 3 fully saturated rings. The number of ether oxygens (including phenoxy) is 2. The second kappa shape index (κ2) is 5.85. The number of hydrogen-bond donors (Lipinski definition) is 0. The number of ketones is 1. The minimum atomic E-state index is -0.103. The van der Waals surface area contributed by atoms with E-state index in [1.807, 2.05) is 24.3 Å². The summed E-state index contributed by atoms with van der Waals surface area (Å²) >= 11 is 0. The minimum absolute atomic E-state index is 0.103. The first-order valence-electron chi connectivity index (χ1n) is 9.96. The van der Waals surface area contributed by atoms with Gasteiger partial charge in [-0.3, -0.25) is 4.79 Å². The lowest BCUT2D eigenvalue weighted by Gasteiger charge is -2.30. The lowest BCUT2D eigenvalue weighted by Crippen LogP contribution is -2.33. The van der Waals surface area contributed by atoms with Crippen molar-refractivity contribution in [1.82, 2.24) is 0 Å². The number of benzene rings is 2. The van der Waals surface area contributed by atoms with Crippen molar-refractivity contribution in [3.8, 4) is 11.5 Å². The van der Waals surface area contributed by atoms with Crippen molar-refractivity contribution in [3.63, 3.8) is 0 Å². The Balaban J connectivity index is 1.37. The number of rotatable bonds is 4. The third kappa shape index (κ3) is 2.44. The molecule has 5 rings (SSSR count). The molecule has 3 saturated carbocycles. The summed E-state index contributed by atoms with van der Waals surface area (Å²) in [5, 5.41) is 0. The first kappa shape index (κ1) is 16.9. The van der Waals surface area contributed by atoms with Crippen LogP contribution in [0.2, 0.25) is 0 Å². The van der Waals surface area contributed by atoms with Crippen LogP contribution in [0.4, 0.5) is 0 Å². The Hall–Kier alpha value is -2.29. The topological polar surface area (TPSA) is 35.5 Å². The van der Waals surface area contributed by atoms with E-state index in [0.717, 1.165) is 37.2 Å². The van der Waals surface area contributed by atoms with Gasteiger partial charge in [0.05, 0.1) is 14.2 Å². The van der Waals surface area contributed by atoms with E-state index < -0.39 is 0 Å². The van der Waals surface area contributed by atoms with Gasteiger partial charge in [0.2, 0.25) is 0 Å². The number of Topliss-reactive ketones (excluding diaryl/α,β-unsaturated/α-hetero) is 1. The molecule has 0 bridgehead atoms. The van der Waals surface area contributed by atoms with Gasteiger partial charge in [-0.05, 0) is 72.9 Å². The van der Waals surface area contributed by atoms with Crippen LogP contribution in [0.15, 0.2) is 48.5 Å². The summed E-state index contributed by atoms with van der Waals surface area (Å²) in [6.07, 6.45) is 5.33. The van der Waals surface area contributed by atoms with Gasteiger partial charge < -0.3 is 9.47 Å². The molecule has 2 spiro atoms. The Labute approximate surface area is 160 Å². The van der Waals surface area contributed by atoms with E-state index in [-0.39, 0.29) is 10.8 Å². The van der Waals surface area contributed by atoms with E-state index in [9.17, 15) is 4.79 Å². The lowest BCUT2D eigenvalue weighted by molar-refractivity contribution is -0.132. The van der Waals surface area contributed by atoms with Crippen molar-refractivity contribution in [2.45, 2.75) is 43.9 Å². The molecule has 0 aliphatic heterocycles. The Bertz CT molecular complexity index is 798. The van der Waals surface area contributed by atoms with Crippen molar-refractivity contribution in [1.29, 1.82) is 0 Å². The van der Waals surface area contributed by atoms with Crippen LogP contribution in [-0.2, 0) is 4.79 Å². The average molecular weight is 362 g/mol. The summed E-state index contributed by atoms with van der Waals surface area (Å²) in [5.74, 6) is 3.08. The van der Waals surface area contributed by atoms with E-state index in [2.05, 4.69) is 24.3 Å². The molecular weight excluding hydrogens is 336 g/mol. The predicted octanol–water partition coefficient (Wildman–Crippen LogP) is 5.10. The molecule has 3 aliphatic rings. The molecule has 0 radical (unpaired) electrons. The van der Waals surface area contributed by atoms with Gasteiger partial charge >= 0.3 is 0 Å². The maximum atomic E-state index is 13.7. The number of methoxy groups -OCH3 is 2. The van der Waals surface area contributed by atoms with Gasteiger partial charge in [-0.1, -0.05) is 30.7 Å². The zero-order chi connectivity index (χ0) is 18.6. The fraction of sp³-hybridized carbons (Fsp3) is 0.458. The van der Waals surface area contributed by atoms with E-state index >= 15 is 0 Å². The van der Waals surface area contributed by atoms with Crippen LogP contribution in [-0.4, -0.2) is 20.0 Å². The molecule has 140 valence electrons. The van der Waals surface area contributed by atoms with Crippen molar-refractivity contribution < 1.29 is 14.3 Å². The first-order valence-corrected chi connectivity index (χ1v) is 9.96. The van der Waals surface area contributed by atoms with Gasteiger partial charge in [0.25, 0.3) is 0 Å². The maximum absolute atomic E-state index is 13.7. The molecule has 4 atom stereocenters. The maximum Gasteiger partial charge on any atom is 0.146 e. The Morgan fingerprint density at radius 2 is 1.15 bits per heavy atom. The molecule has 0 heterocycles. The molecule has 0 N–H and O–H groups in total. The second-order valence-electron chi connectivity index (χ2n) is 8.55. The van der Waals surface area contributed by atoms with Gasteiger partial charge in [-0.15, -0.1) is 0 Å². The Morgan fingerprint density at radius 3 is 1.52 bits per heavy atom. The van der Waals surface area contributed by atoms with Crippen LogP contribution in [0.25, 0.3) is 0 Å². The first-order chi connectivity index (χ1) is 13.1. The fourth-order valence-corrected chi connectivity index (χ4v) is 5.65. The zero-order valence-electron chi connectivity index (χ0n) is 16.0. The highest BCUT2D eigenvalue weighted by molar-refractivity contribution is 5.98. The van der Waals surface area contributed by atoms with Crippen LogP contribution in [0, 0.1) is 10.8 Å². The van der Waals surface area contributed by atoms with E-state index in [4.69, 9.17) is 9.47 Å². The SMILES string of the molecule is COc1ccc([C@H]2C[C@@]23CCC[C@]2(C[C@H]2c2ccc(OC)cc2)C3=O)cc1. The predicted molar refractivity (Wildman–Crippen MR) is 104 cm³/mol. The minimum Gasteiger partial charge on any atom is -0.497 e. The van der Waals surface area contributed by atoms with Crippen molar-refractivity contribution >= 4 is 5.78 Å². The number of hydrogen-bond acceptors (Lipinski definition) is 3. The van der Waals surface area contributed by atoms with Crippen molar-refractivity contribution in [3.05, 3.63) is 59.7 Å². The van der Waals surface area contributed by atoms with E-state index in [1.54, 1.807) is 14.2 Å². The smallest absolute Gasteiger partial charge is 0.146 e. The molecule has 0 saturated heterocycles. The monoisotopic (exact) mass is 362 g/mol. The summed E-state index contributed by atoms with van der Waals surface area (Å²) in [7, 11) is 3.38. The van der Waals surface area contributed by atoms with Crippen molar-refractivity contribution in [2.75, 3.05) is 14.2 Å². The molecule has 27 heavy (non-hydrogen) atoms. The number of carbonyl (C=O) groups excluding carboxylic acids is 1. The van der Waals surface area contributed by atoms with Gasteiger partial charge in [0.1, 0.15) is 17.3 Å². The zero-order valence-corrected chi connectivity index (χ0v) is 16.0. The highest BCUT2D eigenvalue weighted by atomic mass is 16.5. The largest absolute Gasteiger partial charge is 0.497 e. The average Bonchev–Trinajstić information content (AvgIpc) is 3.62. The van der Waals surface area contributed by atoms with Crippen LogP contribution >= 0.6 is 0 Å². The quantitative estimate of drug-likeness (QED) is 0.759. The molecule has 0 aromatic heterocycles. The molecule has 3 nitrogen and oxygen atoms in total. The molecule has 0 unspecified atom stereocenters. The molecule has 3 heteroatoms. The van der Waals surface area contributed by atoms with Crippen LogP contribution in [0.5, 0.6) is 11.5 Å². The lowest BCUT2D eigenvalue weighted by atomic mass is 9.72. The third-order valence-electron chi connectivity index (χ3n) is 7.34. The summed E-state index contributed by atoms with van der Waals surface area (Å²) < 4.78 is 10.5.